The van der Waals surface area contributed by atoms with Crippen molar-refractivity contribution in [3.8, 4) is 22.8 Å². The molecule has 2 aromatic rings. The lowest BCUT2D eigenvalue weighted by atomic mass is 9.99. The highest BCUT2D eigenvalue weighted by atomic mass is 16.3. The molecule has 0 saturated carbocycles. The summed E-state index contributed by atoms with van der Waals surface area (Å²) in [6.45, 7) is 1.98. The second-order valence-corrected chi connectivity index (χ2v) is 4.97. The van der Waals surface area contributed by atoms with E-state index >= 15 is 0 Å². The second kappa shape index (κ2) is 4.24. The van der Waals surface area contributed by atoms with E-state index in [2.05, 4.69) is 4.98 Å². The number of hydrogen-bond donors (Lipinski definition) is 3. The van der Waals surface area contributed by atoms with E-state index in [4.69, 9.17) is 0 Å². The van der Waals surface area contributed by atoms with Gasteiger partial charge in [0.05, 0.1) is 11.8 Å². The first-order chi connectivity index (χ1) is 9.06. The molecule has 0 spiro atoms. The molecule has 1 aliphatic carbocycles. The Morgan fingerprint density at radius 3 is 2.53 bits per heavy atom. The first kappa shape index (κ1) is 12.0. The van der Waals surface area contributed by atoms with Crippen LogP contribution >= 0.6 is 0 Å². The molecule has 0 radical (unpaired) electrons. The summed E-state index contributed by atoms with van der Waals surface area (Å²) >= 11 is 0. The molecule has 0 amide bonds. The van der Waals surface area contributed by atoms with Crippen LogP contribution in [0.4, 0.5) is 0 Å². The third kappa shape index (κ3) is 1.94. The van der Waals surface area contributed by atoms with Crippen molar-refractivity contribution in [2.75, 3.05) is 0 Å². The quantitative estimate of drug-likeness (QED) is 0.733. The molecule has 0 aliphatic heterocycles. The van der Waals surface area contributed by atoms with E-state index in [-0.39, 0.29) is 11.5 Å². The fraction of sp³-hybridized carbons (Fsp3) is 0.267. The number of hydrogen-bond acceptors (Lipinski definition) is 4. The van der Waals surface area contributed by atoms with Crippen molar-refractivity contribution in [1.29, 1.82) is 0 Å². The van der Waals surface area contributed by atoms with Gasteiger partial charge in [-0.2, -0.15) is 0 Å². The summed E-state index contributed by atoms with van der Waals surface area (Å²) in [6, 6.07) is 4.36. The molecule has 4 heteroatoms. The van der Waals surface area contributed by atoms with E-state index in [0.717, 1.165) is 23.1 Å². The largest absolute Gasteiger partial charge is 0.508 e. The van der Waals surface area contributed by atoms with Gasteiger partial charge in [-0.3, -0.25) is 4.98 Å². The summed E-state index contributed by atoms with van der Waals surface area (Å²) in [7, 11) is 0. The van der Waals surface area contributed by atoms with Gasteiger partial charge in [-0.15, -0.1) is 0 Å². The maximum Gasteiger partial charge on any atom is 0.119 e. The lowest BCUT2D eigenvalue weighted by molar-refractivity contribution is 0.180. The summed E-state index contributed by atoms with van der Waals surface area (Å²) in [5, 5.41) is 29.3. The molecule has 3 N–H and O–H groups in total. The lowest BCUT2D eigenvalue weighted by Gasteiger charge is -2.13. The van der Waals surface area contributed by atoms with Crippen LogP contribution in [0.5, 0.6) is 11.5 Å². The van der Waals surface area contributed by atoms with E-state index < -0.39 is 6.10 Å². The Hall–Kier alpha value is -2.07. The summed E-state index contributed by atoms with van der Waals surface area (Å²) in [6.07, 6.45) is 2.78. The SMILES string of the molecule is Cc1cnc(-c2cc(O)cc(O)c2)c2c1CC[C@@H]2O. The fourth-order valence-corrected chi connectivity index (χ4v) is 2.74. The third-order valence-corrected chi connectivity index (χ3v) is 3.62. The maximum absolute atomic E-state index is 10.1. The predicted octanol–water partition coefficient (Wildman–Crippen LogP) is 2.45. The van der Waals surface area contributed by atoms with Crippen LogP contribution in [0.15, 0.2) is 24.4 Å². The molecule has 98 valence electrons. The predicted molar refractivity (Wildman–Crippen MR) is 71.0 cm³/mol. The Morgan fingerprint density at radius 2 is 1.84 bits per heavy atom. The van der Waals surface area contributed by atoms with Crippen LogP contribution in [0, 0.1) is 6.92 Å². The topological polar surface area (TPSA) is 73.6 Å². The molecular weight excluding hydrogens is 242 g/mol. The van der Waals surface area contributed by atoms with Gasteiger partial charge in [0.15, 0.2) is 0 Å². The highest BCUT2D eigenvalue weighted by Gasteiger charge is 2.26. The number of aryl methyl sites for hydroxylation is 1. The van der Waals surface area contributed by atoms with E-state index in [1.165, 1.54) is 6.07 Å². The van der Waals surface area contributed by atoms with Gasteiger partial charge in [-0.05, 0) is 43.0 Å². The van der Waals surface area contributed by atoms with Crippen LogP contribution in [0.1, 0.15) is 29.2 Å². The van der Waals surface area contributed by atoms with Crippen LogP contribution in [-0.2, 0) is 6.42 Å². The maximum atomic E-state index is 10.1. The Labute approximate surface area is 111 Å². The van der Waals surface area contributed by atoms with Gasteiger partial charge < -0.3 is 15.3 Å². The van der Waals surface area contributed by atoms with Crippen LogP contribution < -0.4 is 0 Å². The molecule has 1 aromatic heterocycles. The zero-order valence-corrected chi connectivity index (χ0v) is 10.6. The molecule has 3 rings (SSSR count). The number of aromatic nitrogens is 1. The molecule has 1 heterocycles. The van der Waals surface area contributed by atoms with Crippen molar-refractivity contribution in [3.05, 3.63) is 41.1 Å². The average molecular weight is 257 g/mol. The Balaban J connectivity index is 2.24. The van der Waals surface area contributed by atoms with E-state index in [0.29, 0.717) is 17.7 Å². The van der Waals surface area contributed by atoms with E-state index in [9.17, 15) is 15.3 Å². The van der Waals surface area contributed by atoms with Crippen molar-refractivity contribution in [2.45, 2.75) is 25.9 Å². The van der Waals surface area contributed by atoms with Crippen LogP contribution in [0.25, 0.3) is 11.3 Å². The molecule has 1 aliphatic rings. The lowest BCUT2D eigenvalue weighted by Crippen LogP contribution is -1.99. The van der Waals surface area contributed by atoms with Gasteiger partial charge in [-0.25, -0.2) is 0 Å². The molecule has 19 heavy (non-hydrogen) atoms. The van der Waals surface area contributed by atoms with Crippen molar-refractivity contribution in [3.63, 3.8) is 0 Å². The fourth-order valence-electron chi connectivity index (χ4n) is 2.74. The van der Waals surface area contributed by atoms with Crippen molar-refractivity contribution in [1.82, 2.24) is 4.98 Å². The number of benzene rings is 1. The minimum absolute atomic E-state index is 0.0152. The molecule has 1 atom stereocenters. The normalized spacial score (nSPS) is 17.5. The van der Waals surface area contributed by atoms with Crippen molar-refractivity contribution >= 4 is 0 Å². The van der Waals surface area contributed by atoms with Crippen LogP contribution in [0.3, 0.4) is 0 Å². The van der Waals surface area contributed by atoms with Gasteiger partial charge in [0.25, 0.3) is 0 Å². The van der Waals surface area contributed by atoms with Gasteiger partial charge >= 0.3 is 0 Å². The first-order valence-electron chi connectivity index (χ1n) is 6.26. The number of rotatable bonds is 1. The molecule has 0 bridgehead atoms. The van der Waals surface area contributed by atoms with Gasteiger partial charge in [-0.1, -0.05) is 0 Å². The Kier molecular flexibility index (Phi) is 2.68. The minimum Gasteiger partial charge on any atom is -0.508 e. The number of aliphatic hydroxyl groups is 1. The minimum atomic E-state index is -0.526. The molecule has 0 fully saturated rings. The van der Waals surface area contributed by atoms with Gasteiger partial charge in [0.1, 0.15) is 11.5 Å². The van der Waals surface area contributed by atoms with Gasteiger partial charge in [0.2, 0.25) is 0 Å². The van der Waals surface area contributed by atoms with E-state index in [1.54, 1.807) is 18.3 Å². The number of phenols is 2. The summed E-state index contributed by atoms with van der Waals surface area (Å²) in [5.74, 6) is -0.0303. The smallest absolute Gasteiger partial charge is 0.119 e. The summed E-state index contributed by atoms with van der Waals surface area (Å²) in [4.78, 5) is 4.37. The van der Waals surface area contributed by atoms with Crippen molar-refractivity contribution < 1.29 is 15.3 Å². The first-order valence-corrected chi connectivity index (χ1v) is 6.26. The van der Waals surface area contributed by atoms with E-state index in [1.807, 2.05) is 6.92 Å². The highest BCUT2D eigenvalue weighted by molar-refractivity contribution is 5.69. The number of nitrogens with zero attached hydrogens (tertiary/aromatic N) is 1. The number of phenolic OH excluding ortho intramolecular Hbond substituents is 2. The third-order valence-electron chi connectivity index (χ3n) is 3.62. The summed E-state index contributed by atoms with van der Waals surface area (Å²) in [5.41, 5.74) is 4.27. The van der Waals surface area contributed by atoms with Crippen LogP contribution in [0.2, 0.25) is 0 Å². The van der Waals surface area contributed by atoms with Crippen LogP contribution in [-0.4, -0.2) is 20.3 Å². The molecular formula is C15H15NO3. The zero-order valence-electron chi connectivity index (χ0n) is 10.6. The van der Waals surface area contributed by atoms with Gasteiger partial charge in [0, 0.05) is 23.4 Å². The number of pyridine rings is 1. The Morgan fingerprint density at radius 1 is 1.16 bits per heavy atom. The second-order valence-electron chi connectivity index (χ2n) is 4.97. The van der Waals surface area contributed by atoms with Crippen molar-refractivity contribution in [2.24, 2.45) is 0 Å². The number of aromatic hydroxyl groups is 2. The summed E-state index contributed by atoms with van der Waals surface area (Å²) < 4.78 is 0. The molecule has 1 aromatic carbocycles. The number of fused-ring (bicyclic) bond motifs is 1. The molecule has 0 saturated heterocycles. The average Bonchev–Trinajstić information content (AvgIpc) is 2.72. The standard InChI is InChI=1S/C15H15NO3/c1-8-7-16-15(14-12(8)2-3-13(14)19)9-4-10(17)6-11(18)5-9/h4-7,13,17-19H,2-3H2,1H3/t13-/m0/s1. The highest BCUT2D eigenvalue weighted by Crippen LogP contribution is 2.40. The zero-order chi connectivity index (χ0) is 13.6. The monoisotopic (exact) mass is 257 g/mol. The molecule has 0 unspecified atom stereocenters. The Bertz CT molecular complexity index is 632. The molecule has 4 nitrogen and oxygen atoms in total. The number of aliphatic hydroxyl groups excluding tert-OH is 1.